The van der Waals surface area contributed by atoms with Gasteiger partial charge in [-0.05, 0) is 37.5 Å². The van der Waals surface area contributed by atoms with Crippen LogP contribution >= 0.6 is 0 Å². The molecular weight excluding hydrogens is 310 g/mol. The number of hydrogen-bond acceptors (Lipinski definition) is 4. The summed E-state index contributed by atoms with van der Waals surface area (Å²) >= 11 is 0. The van der Waals surface area contributed by atoms with Gasteiger partial charge >= 0.3 is 0 Å². The molecule has 0 amide bonds. The lowest BCUT2D eigenvalue weighted by molar-refractivity contribution is 0.0940. The van der Waals surface area contributed by atoms with Gasteiger partial charge in [-0.3, -0.25) is 8.89 Å². The molecule has 2 heterocycles. The molecule has 0 aliphatic carbocycles. The first kappa shape index (κ1) is 16.2. The van der Waals surface area contributed by atoms with Crippen LogP contribution in [0.15, 0.2) is 41.6 Å². The molecule has 124 valence electrons. The molecule has 0 radical (unpaired) electrons. The molecular formula is C17H23N3O2S. The predicted molar refractivity (Wildman–Crippen MR) is 92.0 cm³/mol. The Morgan fingerprint density at radius 3 is 2.87 bits per heavy atom. The summed E-state index contributed by atoms with van der Waals surface area (Å²) in [6.07, 6.45) is 8.12. The first-order chi connectivity index (χ1) is 11.1. The molecule has 1 aliphatic rings. The molecule has 1 N–H and O–H groups in total. The van der Waals surface area contributed by atoms with Crippen molar-refractivity contribution in [3.63, 3.8) is 0 Å². The van der Waals surface area contributed by atoms with Crippen LogP contribution in [-0.4, -0.2) is 33.0 Å². The van der Waals surface area contributed by atoms with Gasteiger partial charge in [-0.1, -0.05) is 12.1 Å². The molecule has 6 heteroatoms. The molecule has 5 nitrogen and oxygen atoms in total. The smallest absolute Gasteiger partial charge is 0.0771 e. The molecule has 1 saturated heterocycles. The average molecular weight is 333 g/mol. The van der Waals surface area contributed by atoms with E-state index in [2.05, 4.69) is 17.3 Å². The van der Waals surface area contributed by atoms with Crippen molar-refractivity contribution >= 4 is 16.5 Å². The highest BCUT2D eigenvalue weighted by Crippen LogP contribution is 2.21. The van der Waals surface area contributed by atoms with Gasteiger partial charge in [-0.2, -0.15) is 5.10 Å². The Balaban J connectivity index is 1.59. The van der Waals surface area contributed by atoms with E-state index in [9.17, 15) is 4.21 Å². The number of aromatic nitrogens is 2. The van der Waals surface area contributed by atoms with Crippen molar-refractivity contribution in [2.45, 2.75) is 43.4 Å². The monoisotopic (exact) mass is 333 g/mol. The number of nitrogens with one attached hydrogen (secondary N) is 1. The van der Waals surface area contributed by atoms with Gasteiger partial charge in [0, 0.05) is 40.8 Å². The van der Waals surface area contributed by atoms with Crippen LogP contribution in [0.1, 0.15) is 31.4 Å². The van der Waals surface area contributed by atoms with Crippen molar-refractivity contribution in [1.82, 2.24) is 9.78 Å². The largest absolute Gasteiger partial charge is 0.376 e. The molecule has 1 aromatic carbocycles. The Hall–Kier alpha value is -1.66. The third-order valence-corrected chi connectivity index (χ3v) is 5.08. The molecule has 3 rings (SSSR count). The lowest BCUT2D eigenvalue weighted by Crippen LogP contribution is -2.15. The molecule has 1 aromatic heterocycles. The van der Waals surface area contributed by atoms with E-state index in [0.29, 0.717) is 6.10 Å². The summed E-state index contributed by atoms with van der Waals surface area (Å²) in [7, 11) is -0.933. The minimum Gasteiger partial charge on any atom is -0.376 e. The Morgan fingerprint density at radius 1 is 1.43 bits per heavy atom. The van der Waals surface area contributed by atoms with Gasteiger partial charge in [0.2, 0.25) is 0 Å². The van der Waals surface area contributed by atoms with Crippen molar-refractivity contribution in [1.29, 1.82) is 0 Å². The standard InChI is InChI=1S/C17H23N3O2S/c1-13(14-5-7-17(8-6-14)23(2)21)19-15-10-18-20(11-15)12-16-4-3-9-22-16/h5-8,10-11,13,16,19H,3-4,9,12H2,1-2H3/t13-,16+,23-/m0/s1. The predicted octanol–water partition coefficient (Wildman–Crippen LogP) is 2.97. The zero-order valence-electron chi connectivity index (χ0n) is 13.6. The maximum atomic E-state index is 11.4. The first-order valence-corrected chi connectivity index (χ1v) is 9.51. The number of hydrogen-bond donors (Lipinski definition) is 1. The van der Waals surface area contributed by atoms with Crippen LogP contribution < -0.4 is 5.32 Å². The summed E-state index contributed by atoms with van der Waals surface area (Å²) < 4.78 is 19.0. The highest BCUT2D eigenvalue weighted by atomic mass is 32.2. The van der Waals surface area contributed by atoms with Crippen LogP contribution in [0.2, 0.25) is 0 Å². The van der Waals surface area contributed by atoms with Crippen molar-refractivity contribution in [2.75, 3.05) is 18.2 Å². The lowest BCUT2D eigenvalue weighted by atomic mass is 10.1. The second-order valence-electron chi connectivity index (χ2n) is 5.98. The third kappa shape index (κ3) is 4.20. The van der Waals surface area contributed by atoms with Gasteiger partial charge in [-0.25, -0.2) is 0 Å². The Morgan fingerprint density at radius 2 is 2.22 bits per heavy atom. The van der Waals surface area contributed by atoms with Crippen molar-refractivity contribution in [3.05, 3.63) is 42.2 Å². The van der Waals surface area contributed by atoms with Crippen LogP contribution in [0.4, 0.5) is 5.69 Å². The van der Waals surface area contributed by atoms with E-state index in [1.807, 2.05) is 41.3 Å². The molecule has 1 aliphatic heterocycles. The highest BCUT2D eigenvalue weighted by Gasteiger charge is 2.16. The SMILES string of the molecule is C[C@H](Nc1cnn(C[C@H]2CCCO2)c1)c1ccc([S@](C)=O)cc1. The van der Waals surface area contributed by atoms with Crippen LogP contribution in [0.5, 0.6) is 0 Å². The van der Waals surface area contributed by atoms with Crippen molar-refractivity contribution in [2.24, 2.45) is 0 Å². The minimum absolute atomic E-state index is 0.162. The second-order valence-corrected chi connectivity index (χ2v) is 7.35. The van der Waals surface area contributed by atoms with E-state index in [4.69, 9.17) is 4.74 Å². The Bertz CT molecular complexity index is 663. The van der Waals surface area contributed by atoms with E-state index in [-0.39, 0.29) is 6.04 Å². The molecule has 2 aromatic rings. The molecule has 23 heavy (non-hydrogen) atoms. The maximum Gasteiger partial charge on any atom is 0.0771 e. The Labute approximate surface area is 139 Å². The topological polar surface area (TPSA) is 56.1 Å². The highest BCUT2D eigenvalue weighted by molar-refractivity contribution is 7.84. The van der Waals surface area contributed by atoms with Crippen LogP contribution in [-0.2, 0) is 22.1 Å². The quantitative estimate of drug-likeness (QED) is 0.883. The van der Waals surface area contributed by atoms with Crippen LogP contribution in [0.3, 0.4) is 0 Å². The fourth-order valence-corrected chi connectivity index (χ4v) is 3.34. The number of ether oxygens (including phenoxy) is 1. The number of anilines is 1. The molecule has 1 fully saturated rings. The average Bonchev–Trinajstić information content (AvgIpc) is 3.20. The Kier molecular flexibility index (Phi) is 5.13. The molecule has 0 bridgehead atoms. The van der Waals surface area contributed by atoms with Gasteiger partial charge in [-0.15, -0.1) is 0 Å². The van der Waals surface area contributed by atoms with Gasteiger partial charge < -0.3 is 10.1 Å². The zero-order valence-corrected chi connectivity index (χ0v) is 14.4. The van der Waals surface area contributed by atoms with Gasteiger partial charge in [0.15, 0.2) is 0 Å². The summed E-state index contributed by atoms with van der Waals surface area (Å²) in [5.41, 5.74) is 2.16. The van der Waals surface area contributed by atoms with Gasteiger partial charge in [0.05, 0.1) is 24.5 Å². The number of benzene rings is 1. The van der Waals surface area contributed by atoms with Crippen LogP contribution in [0, 0.1) is 0 Å². The summed E-state index contributed by atoms with van der Waals surface area (Å²) in [5.74, 6) is 0. The minimum atomic E-state index is -0.933. The summed E-state index contributed by atoms with van der Waals surface area (Å²) in [4.78, 5) is 0.852. The maximum absolute atomic E-state index is 11.4. The van der Waals surface area contributed by atoms with E-state index in [0.717, 1.165) is 42.1 Å². The van der Waals surface area contributed by atoms with Crippen molar-refractivity contribution < 1.29 is 8.95 Å². The fourth-order valence-electron chi connectivity index (χ4n) is 2.82. The van der Waals surface area contributed by atoms with E-state index in [1.54, 1.807) is 6.26 Å². The van der Waals surface area contributed by atoms with E-state index in [1.165, 1.54) is 0 Å². The second kappa shape index (κ2) is 7.27. The molecule has 0 spiro atoms. The third-order valence-electron chi connectivity index (χ3n) is 4.14. The van der Waals surface area contributed by atoms with E-state index < -0.39 is 10.8 Å². The fraction of sp³-hybridized carbons (Fsp3) is 0.471. The summed E-state index contributed by atoms with van der Waals surface area (Å²) in [5, 5.41) is 7.85. The summed E-state index contributed by atoms with van der Waals surface area (Å²) in [6, 6.07) is 8.04. The molecule has 3 atom stereocenters. The van der Waals surface area contributed by atoms with Gasteiger partial charge in [0.1, 0.15) is 0 Å². The summed E-state index contributed by atoms with van der Waals surface area (Å²) in [6.45, 7) is 3.79. The van der Waals surface area contributed by atoms with Crippen LogP contribution in [0.25, 0.3) is 0 Å². The van der Waals surface area contributed by atoms with E-state index >= 15 is 0 Å². The zero-order chi connectivity index (χ0) is 16.2. The lowest BCUT2D eigenvalue weighted by Gasteiger charge is -2.14. The number of nitrogens with zero attached hydrogens (tertiary/aromatic N) is 2. The van der Waals surface area contributed by atoms with Crippen molar-refractivity contribution in [3.8, 4) is 0 Å². The molecule has 0 saturated carbocycles. The normalized spacial score (nSPS) is 20.3. The van der Waals surface area contributed by atoms with Gasteiger partial charge in [0.25, 0.3) is 0 Å². The number of rotatable bonds is 6. The first-order valence-electron chi connectivity index (χ1n) is 7.96. The molecule has 0 unspecified atom stereocenters.